The van der Waals surface area contributed by atoms with Crippen molar-refractivity contribution >= 4 is 17.3 Å². The van der Waals surface area contributed by atoms with Gasteiger partial charge in [0.15, 0.2) is 0 Å². The van der Waals surface area contributed by atoms with Crippen LogP contribution in [0.25, 0.3) is 0 Å². The quantitative estimate of drug-likeness (QED) is 0.941. The van der Waals surface area contributed by atoms with Gasteiger partial charge in [0.2, 0.25) is 0 Å². The molecule has 0 atom stereocenters. The van der Waals surface area contributed by atoms with E-state index in [-0.39, 0.29) is 0 Å². The van der Waals surface area contributed by atoms with Gasteiger partial charge in [-0.2, -0.15) is 0 Å². The van der Waals surface area contributed by atoms with Crippen LogP contribution in [-0.4, -0.2) is 19.6 Å². The molecule has 0 unspecified atom stereocenters. The first kappa shape index (κ1) is 14.4. The number of nitrogens with two attached hydrogens (primary N) is 1. The highest BCUT2D eigenvalue weighted by atomic mass is 35.5. The van der Waals surface area contributed by atoms with Crippen LogP contribution >= 0.6 is 11.6 Å². The molecule has 1 aliphatic rings. The Hall–Kier alpha value is -1.51. The summed E-state index contributed by atoms with van der Waals surface area (Å²) in [5.41, 5.74) is 11.2. The molecular weight excluding hydrogens is 280 g/mol. The predicted molar refractivity (Wildman–Crippen MR) is 90.3 cm³/mol. The zero-order chi connectivity index (χ0) is 14.7. The lowest BCUT2D eigenvalue weighted by molar-refractivity contribution is 0.796. The van der Waals surface area contributed by atoms with Crippen molar-refractivity contribution in [3.05, 3.63) is 64.2 Å². The molecule has 0 fully saturated rings. The number of benzene rings is 2. The van der Waals surface area contributed by atoms with Crippen molar-refractivity contribution in [1.29, 1.82) is 0 Å². The molecular formula is C18H21ClN2. The topological polar surface area (TPSA) is 29.3 Å². The standard InChI is InChI=1S/C18H21ClN2/c19-17-6-5-16(7-10-20)18(13-17)21-11-8-14-3-1-2-4-15(14)9-12-21/h1-6,13H,7-12,20H2. The summed E-state index contributed by atoms with van der Waals surface area (Å²) in [7, 11) is 0. The third kappa shape index (κ3) is 3.22. The van der Waals surface area contributed by atoms with Crippen LogP contribution in [0.1, 0.15) is 16.7 Å². The Bertz CT molecular complexity index is 597. The maximum absolute atomic E-state index is 6.21. The van der Waals surface area contributed by atoms with E-state index in [2.05, 4.69) is 41.3 Å². The fourth-order valence-electron chi connectivity index (χ4n) is 3.11. The van der Waals surface area contributed by atoms with Crippen molar-refractivity contribution in [3.8, 4) is 0 Å². The molecule has 3 heteroatoms. The van der Waals surface area contributed by atoms with Crippen LogP contribution in [0.15, 0.2) is 42.5 Å². The number of hydrogen-bond donors (Lipinski definition) is 1. The molecule has 0 spiro atoms. The lowest BCUT2D eigenvalue weighted by atomic mass is 10.0. The van der Waals surface area contributed by atoms with Crippen molar-refractivity contribution < 1.29 is 0 Å². The molecule has 0 saturated heterocycles. The van der Waals surface area contributed by atoms with E-state index in [1.54, 1.807) is 0 Å². The summed E-state index contributed by atoms with van der Waals surface area (Å²) in [4.78, 5) is 2.46. The SMILES string of the molecule is NCCc1ccc(Cl)cc1N1CCc2ccccc2CC1. The summed E-state index contributed by atoms with van der Waals surface area (Å²) in [5.74, 6) is 0. The Kier molecular flexibility index (Phi) is 4.47. The average molecular weight is 301 g/mol. The maximum Gasteiger partial charge on any atom is 0.0426 e. The van der Waals surface area contributed by atoms with Crippen molar-refractivity contribution in [1.82, 2.24) is 0 Å². The molecule has 3 rings (SSSR count). The van der Waals surface area contributed by atoms with Gasteiger partial charge in [0.25, 0.3) is 0 Å². The molecule has 0 aromatic heterocycles. The Morgan fingerprint density at radius 2 is 1.67 bits per heavy atom. The van der Waals surface area contributed by atoms with Gasteiger partial charge < -0.3 is 10.6 Å². The van der Waals surface area contributed by atoms with Gasteiger partial charge >= 0.3 is 0 Å². The second-order valence-electron chi connectivity index (χ2n) is 5.57. The summed E-state index contributed by atoms with van der Waals surface area (Å²) in [6, 6.07) is 14.9. The second-order valence-corrected chi connectivity index (χ2v) is 6.00. The molecule has 0 aliphatic carbocycles. The van der Waals surface area contributed by atoms with Crippen LogP contribution in [0.5, 0.6) is 0 Å². The normalized spacial score (nSPS) is 14.7. The second kappa shape index (κ2) is 6.50. The van der Waals surface area contributed by atoms with E-state index in [0.717, 1.165) is 37.4 Å². The van der Waals surface area contributed by atoms with Crippen molar-refractivity contribution in [2.45, 2.75) is 19.3 Å². The average Bonchev–Trinajstić information content (AvgIpc) is 2.72. The maximum atomic E-state index is 6.21. The number of rotatable bonds is 3. The van der Waals surface area contributed by atoms with E-state index < -0.39 is 0 Å². The molecule has 0 radical (unpaired) electrons. The van der Waals surface area contributed by atoms with E-state index in [1.807, 2.05) is 6.07 Å². The van der Waals surface area contributed by atoms with Crippen LogP contribution in [-0.2, 0) is 19.3 Å². The number of anilines is 1. The Morgan fingerprint density at radius 1 is 1.00 bits per heavy atom. The number of nitrogens with zero attached hydrogens (tertiary/aromatic N) is 1. The van der Waals surface area contributed by atoms with E-state index >= 15 is 0 Å². The fourth-order valence-corrected chi connectivity index (χ4v) is 3.27. The summed E-state index contributed by atoms with van der Waals surface area (Å²) < 4.78 is 0. The molecule has 2 aromatic rings. The van der Waals surface area contributed by atoms with Crippen molar-refractivity contribution in [2.75, 3.05) is 24.5 Å². The lowest BCUT2D eigenvalue weighted by Crippen LogP contribution is -2.27. The Morgan fingerprint density at radius 3 is 2.29 bits per heavy atom. The summed E-state index contributed by atoms with van der Waals surface area (Å²) in [5, 5.41) is 0.799. The molecule has 2 nitrogen and oxygen atoms in total. The monoisotopic (exact) mass is 300 g/mol. The van der Waals surface area contributed by atoms with Gasteiger partial charge in [-0.1, -0.05) is 41.9 Å². The van der Waals surface area contributed by atoms with Crippen LogP contribution in [0.2, 0.25) is 5.02 Å². The minimum Gasteiger partial charge on any atom is -0.371 e. The summed E-state index contributed by atoms with van der Waals surface area (Å²) in [6.45, 7) is 2.74. The van der Waals surface area contributed by atoms with E-state index in [0.29, 0.717) is 6.54 Å². The van der Waals surface area contributed by atoms with Gasteiger partial charge in [0, 0.05) is 23.8 Å². The number of halogens is 1. The van der Waals surface area contributed by atoms with Gasteiger partial charge in [-0.3, -0.25) is 0 Å². The molecule has 0 amide bonds. The zero-order valence-corrected chi connectivity index (χ0v) is 12.9. The zero-order valence-electron chi connectivity index (χ0n) is 12.2. The van der Waals surface area contributed by atoms with Gasteiger partial charge in [-0.15, -0.1) is 0 Å². The van der Waals surface area contributed by atoms with Gasteiger partial charge in [-0.05, 0) is 54.6 Å². The molecule has 0 saturated carbocycles. The summed E-state index contributed by atoms with van der Waals surface area (Å²) in [6.07, 6.45) is 3.07. The van der Waals surface area contributed by atoms with Crippen molar-refractivity contribution in [3.63, 3.8) is 0 Å². The highest BCUT2D eigenvalue weighted by Crippen LogP contribution is 2.27. The molecule has 1 heterocycles. The van der Waals surface area contributed by atoms with Crippen molar-refractivity contribution in [2.24, 2.45) is 5.73 Å². The molecule has 2 aromatic carbocycles. The third-order valence-corrected chi connectivity index (χ3v) is 4.46. The van der Waals surface area contributed by atoms with Crippen LogP contribution in [0.3, 0.4) is 0 Å². The Balaban J connectivity index is 1.87. The number of hydrogen-bond acceptors (Lipinski definition) is 2. The smallest absolute Gasteiger partial charge is 0.0426 e. The molecule has 110 valence electrons. The fraction of sp³-hybridized carbons (Fsp3) is 0.333. The van der Waals surface area contributed by atoms with E-state index in [9.17, 15) is 0 Å². The largest absolute Gasteiger partial charge is 0.371 e. The minimum atomic E-state index is 0.669. The third-order valence-electron chi connectivity index (χ3n) is 4.22. The van der Waals surface area contributed by atoms with E-state index in [1.165, 1.54) is 22.4 Å². The summed E-state index contributed by atoms with van der Waals surface area (Å²) >= 11 is 6.21. The van der Waals surface area contributed by atoms with Gasteiger partial charge in [-0.25, -0.2) is 0 Å². The lowest BCUT2D eigenvalue weighted by Gasteiger charge is -2.25. The predicted octanol–water partition coefficient (Wildman–Crippen LogP) is 3.45. The minimum absolute atomic E-state index is 0.669. The first-order valence-electron chi connectivity index (χ1n) is 7.58. The van der Waals surface area contributed by atoms with Crippen LogP contribution < -0.4 is 10.6 Å². The first-order chi connectivity index (χ1) is 10.3. The van der Waals surface area contributed by atoms with Crippen LogP contribution in [0.4, 0.5) is 5.69 Å². The molecule has 1 aliphatic heterocycles. The Labute approximate surface area is 131 Å². The highest BCUT2D eigenvalue weighted by molar-refractivity contribution is 6.30. The number of fused-ring (bicyclic) bond motifs is 1. The van der Waals surface area contributed by atoms with Crippen LogP contribution in [0, 0.1) is 0 Å². The van der Waals surface area contributed by atoms with E-state index in [4.69, 9.17) is 17.3 Å². The van der Waals surface area contributed by atoms with Gasteiger partial charge in [0.1, 0.15) is 0 Å². The first-order valence-corrected chi connectivity index (χ1v) is 7.96. The molecule has 0 bridgehead atoms. The highest BCUT2D eigenvalue weighted by Gasteiger charge is 2.16. The molecule has 21 heavy (non-hydrogen) atoms. The molecule has 2 N–H and O–H groups in total. The van der Waals surface area contributed by atoms with Gasteiger partial charge in [0.05, 0.1) is 0 Å².